The fraction of sp³-hybridized carbons (Fsp3) is 0.778. The molecule has 8 heteroatoms. The van der Waals surface area contributed by atoms with Crippen molar-refractivity contribution in [3.63, 3.8) is 0 Å². The van der Waals surface area contributed by atoms with Crippen molar-refractivity contribution in [2.24, 2.45) is 0 Å². The molecule has 2 N–H and O–H groups in total. The summed E-state index contributed by atoms with van der Waals surface area (Å²) in [5, 5.41) is 12.5. The third kappa shape index (κ3) is 3.36. The Kier molecular flexibility index (Phi) is 3.95. The van der Waals surface area contributed by atoms with Gasteiger partial charge in [0.15, 0.2) is 0 Å². The number of sulfonamides is 1. The van der Waals surface area contributed by atoms with Gasteiger partial charge in [0.2, 0.25) is 15.2 Å². The molecule has 0 amide bonds. The lowest BCUT2D eigenvalue weighted by atomic mass is 9.99. The maximum Gasteiger partial charge on any atom is 0.234 e. The molecule has 17 heavy (non-hydrogen) atoms. The van der Waals surface area contributed by atoms with E-state index in [-0.39, 0.29) is 5.75 Å². The van der Waals surface area contributed by atoms with E-state index < -0.39 is 10.0 Å². The molecule has 96 valence electrons. The van der Waals surface area contributed by atoms with E-state index in [2.05, 4.69) is 20.2 Å². The highest BCUT2D eigenvalue weighted by molar-refractivity contribution is 7.92. The molecule has 1 fully saturated rings. The summed E-state index contributed by atoms with van der Waals surface area (Å²) in [4.78, 5) is 0. The Morgan fingerprint density at radius 1 is 1.41 bits per heavy atom. The van der Waals surface area contributed by atoms with E-state index in [0.717, 1.165) is 30.9 Å². The smallest absolute Gasteiger partial charge is 0.234 e. The van der Waals surface area contributed by atoms with Crippen LogP contribution in [0.15, 0.2) is 0 Å². The number of hydrogen-bond acceptors (Lipinski definition) is 6. The predicted octanol–water partition coefficient (Wildman–Crippen LogP) is 0.767. The second-order valence-electron chi connectivity index (χ2n) is 3.98. The van der Waals surface area contributed by atoms with Crippen molar-refractivity contribution in [3.8, 4) is 0 Å². The lowest BCUT2D eigenvalue weighted by Gasteiger charge is -2.19. The molecule has 2 heterocycles. The maximum atomic E-state index is 11.4. The molecule has 0 atom stereocenters. The molecule has 0 aromatic carbocycles. The summed E-state index contributed by atoms with van der Waals surface area (Å²) in [5.41, 5.74) is 0. The third-order valence-electron chi connectivity index (χ3n) is 2.75. The van der Waals surface area contributed by atoms with Gasteiger partial charge in [0, 0.05) is 5.92 Å². The zero-order valence-electron chi connectivity index (χ0n) is 9.64. The minimum atomic E-state index is -3.24. The van der Waals surface area contributed by atoms with Crippen molar-refractivity contribution in [2.45, 2.75) is 25.7 Å². The van der Waals surface area contributed by atoms with Crippen LogP contribution >= 0.6 is 11.3 Å². The van der Waals surface area contributed by atoms with E-state index in [9.17, 15) is 8.42 Å². The van der Waals surface area contributed by atoms with E-state index in [1.165, 1.54) is 11.3 Å². The molecule has 1 aromatic heterocycles. The summed E-state index contributed by atoms with van der Waals surface area (Å²) in [7, 11) is -3.24. The molecule has 0 radical (unpaired) electrons. The number of anilines is 1. The summed E-state index contributed by atoms with van der Waals surface area (Å²) in [6.07, 6.45) is 2.07. The Labute approximate surface area is 105 Å². The van der Waals surface area contributed by atoms with E-state index in [1.54, 1.807) is 6.92 Å². The second kappa shape index (κ2) is 5.28. The van der Waals surface area contributed by atoms with Gasteiger partial charge in [0.25, 0.3) is 0 Å². The van der Waals surface area contributed by atoms with Crippen LogP contribution in [0.3, 0.4) is 0 Å². The first-order valence-corrected chi connectivity index (χ1v) is 8.12. The Balaban J connectivity index is 2.05. The Morgan fingerprint density at radius 2 is 2.12 bits per heavy atom. The minimum Gasteiger partial charge on any atom is -0.317 e. The molecule has 0 aliphatic carbocycles. The van der Waals surface area contributed by atoms with Crippen molar-refractivity contribution in [1.29, 1.82) is 0 Å². The van der Waals surface area contributed by atoms with Crippen LogP contribution in [0.25, 0.3) is 0 Å². The highest BCUT2D eigenvalue weighted by Gasteiger charge is 2.20. The fourth-order valence-electron chi connectivity index (χ4n) is 1.71. The monoisotopic (exact) mass is 276 g/mol. The zero-order valence-corrected chi connectivity index (χ0v) is 11.3. The Hall–Kier alpha value is -0.730. The summed E-state index contributed by atoms with van der Waals surface area (Å²) in [6.45, 7) is 3.57. The molecule has 0 spiro atoms. The van der Waals surface area contributed by atoms with Crippen LogP contribution in [0.1, 0.15) is 30.7 Å². The van der Waals surface area contributed by atoms with Crippen LogP contribution < -0.4 is 10.0 Å². The van der Waals surface area contributed by atoms with Gasteiger partial charge in [-0.2, -0.15) is 0 Å². The molecule has 1 aliphatic rings. The van der Waals surface area contributed by atoms with Gasteiger partial charge in [-0.25, -0.2) is 8.42 Å². The van der Waals surface area contributed by atoms with Gasteiger partial charge in [-0.15, -0.1) is 10.2 Å². The number of nitrogens with one attached hydrogen (secondary N) is 2. The Morgan fingerprint density at radius 3 is 2.76 bits per heavy atom. The van der Waals surface area contributed by atoms with Gasteiger partial charge in [-0.3, -0.25) is 4.72 Å². The Bertz CT molecular complexity index is 465. The first-order chi connectivity index (χ1) is 8.11. The van der Waals surface area contributed by atoms with Gasteiger partial charge in [-0.1, -0.05) is 11.3 Å². The number of aromatic nitrogens is 2. The van der Waals surface area contributed by atoms with Gasteiger partial charge < -0.3 is 5.32 Å². The normalized spacial score (nSPS) is 18.2. The number of nitrogens with zero attached hydrogens (tertiary/aromatic N) is 2. The minimum absolute atomic E-state index is 0.0509. The largest absolute Gasteiger partial charge is 0.317 e. The molecule has 0 bridgehead atoms. The molecule has 1 saturated heterocycles. The molecule has 0 unspecified atom stereocenters. The van der Waals surface area contributed by atoms with Crippen molar-refractivity contribution in [3.05, 3.63) is 5.01 Å². The number of piperidine rings is 1. The molecule has 6 nitrogen and oxygen atoms in total. The molecular weight excluding hydrogens is 260 g/mol. The number of hydrogen-bond donors (Lipinski definition) is 2. The van der Waals surface area contributed by atoms with Gasteiger partial charge in [0.1, 0.15) is 5.01 Å². The first kappa shape index (κ1) is 12.7. The zero-order chi connectivity index (χ0) is 12.3. The highest BCUT2D eigenvalue weighted by Crippen LogP contribution is 2.29. The van der Waals surface area contributed by atoms with E-state index in [0.29, 0.717) is 11.0 Å². The highest BCUT2D eigenvalue weighted by atomic mass is 32.2. The van der Waals surface area contributed by atoms with Gasteiger partial charge in [-0.05, 0) is 32.9 Å². The molecule has 0 saturated carbocycles. The van der Waals surface area contributed by atoms with Crippen molar-refractivity contribution < 1.29 is 8.42 Å². The summed E-state index contributed by atoms with van der Waals surface area (Å²) in [6, 6.07) is 0. The summed E-state index contributed by atoms with van der Waals surface area (Å²) < 4.78 is 25.2. The van der Waals surface area contributed by atoms with Crippen LogP contribution in [-0.2, 0) is 10.0 Å². The van der Waals surface area contributed by atoms with Crippen LogP contribution in [0.2, 0.25) is 0 Å². The maximum absolute atomic E-state index is 11.4. The van der Waals surface area contributed by atoms with Crippen molar-refractivity contribution >= 4 is 26.5 Å². The SMILES string of the molecule is CCS(=O)(=O)Nc1nnc(C2CCNCC2)s1. The van der Waals surface area contributed by atoms with Crippen LogP contribution in [0.4, 0.5) is 5.13 Å². The average Bonchev–Trinajstić information content (AvgIpc) is 2.78. The van der Waals surface area contributed by atoms with Crippen LogP contribution in [0, 0.1) is 0 Å². The quantitative estimate of drug-likeness (QED) is 0.848. The van der Waals surface area contributed by atoms with Crippen molar-refractivity contribution in [2.75, 3.05) is 23.6 Å². The lowest BCUT2D eigenvalue weighted by Crippen LogP contribution is -2.26. The number of rotatable bonds is 4. The molecular formula is C9H16N4O2S2. The molecule has 1 aromatic rings. The van der Waals surface area contributed by atoms with Crippen LogP contribution in [-0.4, -0.2) is 37.5 Å². The van der Waals surface area contributed by atoms with E-state index >= 15 is 0 Å². The molecule has 1 aliphatic heterocycles. The van der Waals surface area contributed by atoms with Crippen molar-refractivity contribution in [1.82, 2.24) is 15.5 Å². The fourth-order valence-corrected chi connectivity index (χ4v) is 3.48. The van der Waals surface area contributed by atoms with Gasteiger partial charge >= 0.3 is 0 Å². The summed E-state index contributed by atoms with van der Waals surface area (Å²) in [5.74, 6) is 0.462. The standard InChI is InChI=1S/C9H16N4O2S2/c1-2-17(14,15)13-9-12-11-8(16-9)7-3-5-10-6-4-7/h7,10H,2-6H2,1H3,(H,12,13). The van der Waals surface area contributed by atoms with E-state index in [1.807, 2.05) is 0 Å². The van der Waals surface area contributed by atoms with E-state index in [4.69, 9.17) is 0 Å². The summed E-state index contributed by atoms with van der Waals surface area (Å²) >= 11 is 1.34. The first-order valence-electron chi connectivity index (χ1n) is 5.65. The van der Waals surface area contributed by atoms with Gasteiger partial charge in [0.05, 0.1) is 5.75 Å². The molecule has 2 rings (SSSR count). The topological polar surface area (TPSA) is 84.0 Å². The lowest BCUT2D eigenvalue weighted by molar-refractivity contribution is 0.457. The van der Waals surface area contributed by atoms with Crippen LogP contribution in [0.5, 0.6) is 0 Å². The second-order valence-corrected chi connectivity index (χ2v) is 7.00. The average molecular weight is 276 g/mol. The third-order valence-corrected chi connectivity index (χ3v) is 5.15. The predicted molar refractivity (Wildman–Crippen MR) is 67.8 cm³/mol.